The third-order valence-electron chi connectivity index (χ3n) is 1.31. The van der Waals surface area contributed by atoms with Crippen molar-refractivity contribution in [1.29, 1.82) is 0 Å². The van der Waals surface area contributed by atoms with Gasteiger partial charge in [-0.3, -0.25) is 5.73 Å². The van der Waals surface area contributed by atoms with E-state index in [-0.39, 0.29) is 0 Å². The molecule has 0 spiro atoms. The highest BCUT2D eigenvalue weighted by atomic mass is 35.5. The van der Waals surface area contributed by atoms with Crippen molar-refractivity contribution in [1.82, 2.24) is 5.73 Å². The predicted molar refractivity (Wildman–Crippen MR) is 41.8 cm³/mol. The molecule has 9 heavy (non-hydrogen) atoms. The van der Waals surface area contributed by atoms with Gasteiger partial charge < -0.3 is 0 Å². The molecule has 0 aliphatic rings. The van der Waals surface area contributed by atoms with Crippen molar-refractivity contribution < 1.29 is 0 Å². The predicted octanol–water partition coefficient (Wildman–Crippen LogP) is 2.46. The second-order valence-electron chi connectivity index (χ2n) is 2.21. The van der Waals surface area contributed by atoms with Crippen LogP contribution in [0.15, 0.2) is 0 Å². The van der Waals surface area contributed by atoms with Gasteiger partial charge in [0.1, 0.15) is 0 Å². The van der Waals surface area contributed by atoms with Gasteiger partial charge in [-0.15, -0.1) is 11.6 Å². The summed E-state index contributed by atoms with van der Waals surface area (Å²) in [6.07, 6.45) is 5.90. The van der Waals surface area contributed by atoms with Crippen LogP contribution in [0.3, 0.4) is 0 Å². The Bertz CT molecular complexity index is 42.2. The Hall–Kier alpha value is 0.250. The average Bonchev–Trinajstić information content (AvgIpc) is 1.89. The Morgan fingerprint density at radius 1 is 0.889 bits per heavy atom. The molecule has 0 saturated carbocycles. The van der Waals surface area contributed by atoms with E-state index in [2.05, 4.69) is 0 Å². The van der Waals surface area contributed by atoms with Crippen molar-refractivity contribution in [3.8, 4) is 0 Å². The molecule has 2 heteroatoms. The van der Waals surface area contributed by atoms with Crippen molar-refractivity contribution in [3.63, 3.8) is 0 Å². The summed E-state index contributed by atoms with van der Waals surface area (Å²) in [7, 11) is 0. The summed E-state index contributed by atoms with van der Waals surface area (Å²) < 4.78 is 0. The van der Waals surface area contributed by atoms with Gasteiger partial charge in [-0.05, 0) is 12.8 Å². The molecule has 0 rings (SSSR count). The zero-order chi connectivity index (χ0) is 6.95. The summed E-state index contributed by atoms with van der Waals surface area (Å²) in [6, 6.07) is 0. The zero-order valence-electron chi connectivity index (χ0n) is 5.83. The lowest BCUT2D eigenvalue weighted by molar-refractivity contribution is 0.636. The van der Waals surface area contributed by atoms with Crippen LogP contribution in [-0.4, -0.2) is 12.4 Å². The average molecular weight is 149 g/mol. The minimum absolute atomic E-state index is 0.584. The molecule has 55 valence electrons. The quantitative estimate of drug-likeness (QED) is 0.408. The van der Waals surface area contributed by atoms with Crippen LogP contribution in [0.4, 0.5) is 0 Å². The Balaban J connectivity index is 2.60. The minimum atomic E-state index is 0.584. The lowest BCUT2D eigenvalue weighted by Crippen LogP contribution is -1.85. The molecule has 0 bridgehead atoms. The van der Waals surface area contributed by atoms with E-state index in [0.717, 1.165) is 18.7 Å². The smallest absolute Gasteiger partial charge is 0.0223 e. The van der Waals surface area contributed by atoms with Gasteiger partial charge in [0.25, 0.3) is 0 Å². The van der Waals surface area contributed by atoms with Crippen molar-refractivity contribution in [2.24, 2.45) is 0 Å². The molecule has 0 amide bonds. The number of rotatable bonds is 6. The molecule has 0 aromatic carbocycles. The Kier molecular flexibility index (Phi) is 8.48. The normalized spacial score (nSPS) is 10.0. The summed E-state index contributed by atoms with van der Waals surface area (Å²) in [5.41, 5.74) is 6.86. The highest BCUT2D eigenvalue weighted by molar-refractivity contribution is 6.17. The van der Waals surface area contributed by atoms with E-state index in [1.165, 1.54) is 19.3 Å². The van der Waals surface area contributed by atoms with Crippen LogP contribution in [0, 0.1) is 0 Å². The van der Waals surface area contributed by atoms with Gasteiger partial charge in [0.2, 0.25) is 0 Å². The topological polar surface area (TPSA) is 23.8 Å². The fourth-order valence-corrected chi connectivity index (χ4v) is 0.939. The van der Waals surface area contributed by atoms with E-state index < -0.39 is 0 Å². The maximum atomic E-state index is 6.86. The largest absolute Gasteiger partial charge is 0.258 e. The maximum absolute atomic E-state index is 6.86. The Morgan fingerprint density at radius 2 is 1.44 bits per heavy atom. The zero-order valence-corrected chi connectivity index (χ0v) is 6.58. The summed E-state index contributed by atoms with van der Waals surface area (Å²) in [6.45, 7) is 0.584. The van der Waals surface area contributed by atoms with Crippen molar-refractivity contribution in [2.45, 2.75) is 32.1 Å². The maximum Gasteiger partial charge on any atom is 0.0223 e. The number of unbranched alkanes of at least 4 members (excludes halogenated alkanes) is 4. The molecule has 1 nitrogen and oxygen atoms in total. The van der Waals surface area contributed by atoms with Crippen LogP contribution >= 0.6 is 11.6 Å². The van der Waals surface area contributed by atoms with E-state index in [0.29, 0.717) is 6.54 Å². The molecule has 0 aromatic heterocycles. The Morgan fingerprint density at radius 3 is 2.00 bits per heavy atom. The van der Waals surface area contributed by atoms with Crippen LogP contribution in [0.25, 0.3) is 0 Å². The van der Waals surface area contributed by atoms with Gasteiger partial charge in [-0.2, -0.15) is 0 Å². The molecule has 0 atom stereocenters. The first-order valence-electron chi connectivity index (χ1n) is 3.62. The summed E-state index contributed by atoms with van der Waals surface area (Å²) >= 11 is 5.48. The van der Waals surface area contributed by atoms with Crippen molar-refractivity contribution >= 4 is 11.6 Å². The fourth-order valence-electron chi connectivity index (χ4n) is 0.750. The van der Waals surface area contributed by atoms with Crippen LogP contribution in [0.1, 0.15) is 32.1 Å². The fraction of sp³-hybridized carbons (Fsp3) is 1.00. The highest BCUT2D eigenvalue weighted by Crippen LogP contribution is 2.02. The molecule has 0 aliphatic carbocycles. The van der Waals surface area contributed by atoms with E-state index in [9.17, 15) is 0 Å². The van der Waals surface area contributed by atoms with Crippen molar-refractivity contribution in [2.75, 3.05) is 12.4 Å². The second-order valence-corrected chi connectivity index (χ2v) is 2.58. The number of hydrogen-bond donors (Lipinski definition) is 0. The third-order valence-corrected chi connectivity index (χ3v) is 1.58. The second kappa shape index (κ2) is 8.25. The highest BCUT2D eigenvalue weighted by Gasteiger charge is 1.86. The van der Waals surface area contributed by atoms with Crippen LogP contribution in [0.2, 0.25) is 0 Å². The lowest BCUT2D eigenvalue weighted by Gasteiger charge is -1.95. The first-order chi connectivity index (χ1) is 4.41. The monoisotopic (exact) mass is 148 g/mol. The number of hydrogen-bond acceptors (Lipinski definition) is 0. The SMILES string of the molecule is [NH]CCCCCCCCl. The summed E-state index contributed by atoms with van der Waals surface area (Å²) in [4.78, 5) is 0. The third kappa shape index (κ3) is 8.25. The number of alkyl halides is 1. The van der Waals surface area contributed by atoms with Gasteiger partial charge in [-0.1, -0.05) is 19.3 Å². The molecular formula is C7H15ClN. The molecule has 1 N–H and O–H groups in total. The van der Waals surface area contributed by atoms with E-state index in [1.54, 1.807) is 0 Å². The van der Waals surface area contributed by atoms with Crippen molar-refractivity contribution in [3.05, 3.63) is 0 Å². The van der Waals surface area contributed by atoms with Gasteiger partial charge in [0, 0.05) is 12.4 Å². The Labute approximate surface area is 62.6 Å². The standard InChI is InChI=1S/C7H15ClN/c8-6-4-2-1-3-5-7-9/h9H,1-7H2. The molecule has 0 heterocycles. The van der Waals surface area contributed by atoms with Gasteiger partial charge in [-0.25, -0.2) is 0 Å². The van der Waals surface area contributed by atoms with Crippen LogP contribution in [-0.2, 0) is 0 Å². The first-order valence-corrected chi connectivity index (χ1v) is 4.16. The summed E-state index contributed by atoms with van der Waals surface area (Å²) in [5, 5.41) is 0. The van der Waals surface area contributed by atoms with Crippen LogP contribution in [0.5, 0.6) is 0 Å². The van der Waals surface area contributed by atoms with Gasteiger partial charge >= 0.3 is 0 Å². The molecule has 0 unspecified atom stereocenters. The molecular weight excluding hydrogens is 134 g/mol. The lowest BCUT2D eigenvalue weighted by atomic mass is 10.2. The molecule has 0 aliphatic heterocycles. The van der Waals surface area contributed by atoms with E-state index in [4.69, 9.17) is 17.3 Å². The molecule has 1 radical (unpaired) electrons. The van der Waals surface area contributed by atoms with E-state index in [1.807, 2.05) is 0 Å². The number of nitrogens with one attached hydrogen (secondary N) is 1. The van der Waals surface area contributed by atoms with Crippen LogP contribution < -0.4 is 5.73 Å². The molecule has 0 saturated heterocycles. The number of halogens is 1. The van der Waals surface area contributed by atoms with Gasteiger partial charge in [0.05, 0.1) is 0 Å². The van der Waals surface area contributed by atoms with Gasteiger partial charge in [0.15, 0.2) is 0 Å². The summed E-state index contributed by atoms with van der Waals surface area (Å²) in [5.74, 6) is 0.793. The van der Waals surface area contributed by atoms with E-state index >= 15 is 0 Å². The molecule has 0 fully saturated rings. The minimum Gasteiger partial charge on any atom is -0.258 e. The first kappa shape index (κ1) is 9.25. The molecule has 0 aromatic rings.